The normalized spacial score (nSPS) is 11.5. The lowest BCUT2D eigenvalue weighted by Gasteiger charge is -2.06. The van der Waals surface area contributed by atoms with Gasteiger partial charge in [-0.15, -0.1) is 0 Å². The number of nitrogens with one attached hydrogen (secondary N) is 2. The minimum atomic E-state index is -1.00. The van der Waals surface area contributed by atoms with E-state index in [2.05, 4.69) is 11.1 Å². The molecule has 0 fully saturated rings. The summed E-state index contributed by atoms with van der Waals surface area (Å²) in [6.45, 7) is 1.62. The molecule has 0 bridgehead atoms. The molecule has 12 nitrogen and oxygen atoms in total. The highest BCUT2D eigenvalue weighted by molar-refractivity contribution is 5.74. The number of hydrogen-bond acceptors (Lipinski definition) is 7. The van der Waals surface area contributed by atoms with Gasteiger partial charge in [0, 0.05) is 6.54 Å². The first-order valence-electron chi connectivity index (χ1n) is 6.42. The molecule has 23 heavy (non-hydrogen) atoms. The van der Waals surface area contributed by atoms with E-state index >= 15 is 0 Å². The second-order valence-electron chi connectivity index (χ2n) is 4.15. The zero-order valence-electron chi connectivity index (χ0n) is 12.9. The maximum absolute atomic E-state index is 10.2. The maximum atomic E-state index is 10.2. The van der Waals surface area contributed by atoms with E-state index in [0.717, 1.165) is 0 Å². The molecule has 0 aromatic rings. The van der Waals surface area contributed by atoms with Crippen LogP contribution < -0.4 is 28.3 Å². The Morgan fingerprint density at radius 3 is 1.74 bits per heavy atom. The molecule has 0 radical (unpaired) electrons. The Morgan fingerprint density at radius 2 is 1.52 bits per heavy atom. The monoisotopic (exact) mass is 338 g/mol. The van der Waals surface area contributed by atoms with Gasteiger partial charge < -0.3 is 43.6 Å². The lowest BCUT2D eigenvalue weighted by atomic mass is 10.2. The molecule has 13 N–H and O–H groups in total. The summed E-state index contributed by atoms with van der Waals surface area (Å²) in [5.41, 5.74) is 19.6. The van der Waals surface area contributed by atoms with E-state index in [0.29, 0.717) is 19.4 Å². The summed E-state index contributed by atoms with van der Waals surface area (Å²) in [5.74, 6) is -3.04. The molecule has 0 aromatic heterocycles. The van der Waals surface area contributed by atoms with Crippen molar-refractivity contribution in [3.63, 3.8) is 0 Å². The van der Waals surface area contributed by atoms with Crippen LogP contribution in [-0.2, 0) is 14.4 Å². The van der Waals surface area contributed by atoms with Gasteiger partial charge in [-0.3, -0.25) is 19.8 Å². The third-order valence-electron chi connectivity index (χ3n) is 1.89. The SMILES string of the molecule is CC(N)C(=O)O.N=C(N)NCCCC(N)C(=O)O.NCC(=O)O. The molecule has 0 aliphatic carbocycles. The molecule has 0 amide bonds. The lowest BCUT2D eigenvalue weighted by Crippen LogP contribution is -2.34. The van der Waals surface area contributed by atoms with Crippen molar-refractivity contribution in [3.05, 3.63) is 0 Å². The third kappa shape index (κ3) is 28.5. The molecule has 12 heteroatoms. The lowest BCUT2D eigenvalue weighted by molar-refractivity contribution is -0.139. The van der Waals surface area contributed by atoms with Crippen molar-refractivity contribution in [2.75, 3.05) is 13.1 Å². The quantitative estimate of drug-likeness (QED) is 0.129. The minimum Gasteiger partial charge on any atom is -0.480 e. The predicted octanol–water partition coefficient (Wildman–Crippen LogP) is -2.89. The summed E-state index contributed by atoms with van der Waals surface area (Å²) in [7, 11) is 0. The van der Waals surface area contributed by atoms with Gasteiger partial charge in [-0.1, -0.05) is 0 Å². The van der Waals surface area contributed by atoms with E-state index in [1.165, 1.54) is 6.92 Å². The maximum Gasteiger partial charge on any atom is 0.320 e. The highest BCUT2D eigenvalue weighted by Gasteiger charge is 2.09. The summed E-state index contributed by atoms with van der Waals surface area (Å²) in [6.07, 6.45) is 0.975. The molecule has 0 aromatic carbocycles. The zero-order valence-corrected chi connectivity index (χ0v) is 12.9. The molecule has 2 unspecified atom stereocenters. The highest BCUT2D eigenvalue weighted by Crippen LogP contribution is 1.92. The van der Waals surface area contributed by atoms with E-state index in [9.17, 15) is 14.4 Å². The molecule has 2 atom stereocenters. The topological polar surface area (TPSA) is 252 Å². The van der Waals surface area contributed by atoms with Gasteiger partial charge in [0.1, 0.15) is 12.1 Å². The van der Waals surface area contributed by atoms with Gasteiger partial charge in [0.15, 0.2) is 5.96 Å². The van der Waals surface area contributed by atoms with Crippen LogP contribution in [0.4, 0.5) is 0 Å². The molecule has 0 rings (SSSR count). The van der Waals surface area contributed by atoms with E-state index in [-0.39, 0.29) is 12.5 Å². The van der Waals surface area contributed by atoms with Gasteiger partial charge in [0.2, 0.25) is 0 Å². The van der Waals surface area contributed by atoms with Crippen molar-refractivity contribution in [3.8, 4) is 0 Å². The summed E-state index contributed by atoms with van der Waals surface area (Å²) in [6, 6.07) is -1.55. The van der Waals surface area contributed by atoms with Crippen molar-refractivity contribution in [1.82, 2.24) is 5.32 Å². The number of rotatable bonds is 7. The van der Waals surface area contributed by atoms with Gasteiger partial charge in [0.25, 0.3) is 0 Å². The Labute approximate surface area is 133 Å². The predicted molar refractivity (Wildman–Crippen MR) is 82.7 cm³/mol. The first-order valence-corrected chi connectivity index (χ1v) is 6.42. The van der Waals surface area contributed by atoms with Crippen molar-refractivity contribution < 1.29 is 29.7 Å². The average molecular weight is 338 g/mol. The van der Waals surface area contributed by atoms with E-state index in [4.69, 9.17) is 37.9 Å². The summed E-state index contributed by atoms with van der Waals surface area (Å²) < 4.78 is 0. The van der Waals surface area contributed by atoms with Crippen LogP contribution in [0.5, 0.6) is 0 Å². The van der Waals surface area contributed by atoms with Gasteiger partial charge in [-0.05, 0) is 19.8 Å². The van der Waals surface area contributed by atoms with Gasteiger partial charge >= 0.3 is 17.9 Å². The summed E-state index contributed by atoms with van der Waals surface area (Å²) in [4.78, 5) is 29.0. The Balaban J connectivity index is -0.000000303. The first-order chi connectivity index (χ1) is 10.4. The highest BCUT2D eigenvalue weighted by atomic mass is 16.4. The number of nitrogens with two attached hydrogens (primary N) is 4. The van der Waals surface area contributed by atoms with Crippen LogP contribution in [0.15, 0.2) is 0 Å². The molecule has 0 spiro atoms. The van der Waals surface area contributed by atoms with Crippen molar-refractivity contribution >= 4 is 23.9 Å². The Morgan fingerprint density at radius 1 is 1.13 bits per heavy atom. The van der Waals surface area contributed by atoms with Crippen LogP contribution >= 0.6 is 0 Å². The van der Waals surface area contributed by atoms with Crippen LogP contribution in [0.25, 0.3) is 0 Å². The molecule has 0 saturated heterocycles. The fourth-order valence-corrected chi connectivity index (χ4v) is 0.669. The number of guanidine groups is 1. The zero-order chi connectivity index (χ0) is 19.0. The average Bonchev–Trinajstić information content (AvgIpc) is 2.44. The molecule has 0 heterocycles. The van der Waals surface area contributed by atoms with Crippen molar-refractivity contribution in [2.45, 2.75) is 31.8 Å². The number of carbonyl (C=O) groups is 3. The number of carboxylic acid groups (broad SMARTS) is 3. The van der Waals surface area contributed by atoms with Crippen LogP contribution in [0, 0.1) is 5.41 Å². The molecular formula is C11H26N6O6. The fraction of sp³-hybridized carbons (Fsp3) is 0.636. The van der Waals surface area contributed by atoms with E-state index in [1.54, 1.807) is 0 Å². The third-order valence-corrected chi connectivity index (χ3v) is 1.89. The van der Waals surface area contributed by atoms with Crippen LogP contribution in [0.3, 0.4) is 0 Å². The smallest absolute Gasteiger partial charge is 0.320 e. The second-order valence-corrected chi connectivity index (χ2v) is 4.15. The van der Waals surface area contributed by atoms with Crippen molar-refractivity contribution in [1.29, 1.82) is 5.41 Å². The molecule has 0 aliphatic rings. The molecule has 136 valence electrons. The van der Waals surface area contributed by atoms with Crippen LogP contribution in [0.1, 0.15) is 19.8 Å². The summed E-state index contributed by atoms with van der Waals surface area (Å²) >= 11 is 0. The van der Waals surface area contributed by atoms with Gasteiger partial charge in [-0.25, -0.2) is 0 Å². The molecule has 0 saturated carbocycles. The largest absolute Gasteiger partial charge is 0.480 e. The number of aliphatic carboxylic acids is 3. The Bertz CT molecular complexity index is 376. The van der Waals surface area contributed by atoms with Gasteiger partial charge in [0.05, 0.1) is 6.54 Å². The Hall–Kier alpha value is -2.44. The van der Waals surface area contributed by atoms with Crippen LogP contribution in [0.2, 0.25) is 0 Å². The summed E-state index contributed by atoms with van der Waals surface area (Å²) in [5, 5.41) is 33.2. The molecule has 0 aliphatic heterocycles. The first kappa shape index (κ1) is 25.5. The minimum absolute atomic E-state index is 0.112. The number of carboxylic acids is 3. The van der Waals surface area contributed by atoms with Crippen LogP contribution in [-0.4, -0.2) is 64.4 Å². The van der Waals surface area contributed by atoms with Gasteiger partial charge in [-0.2, -0.15) is 0 Å². The van der Waals surface area contributed by atoms with E-state index < -0.39 is 30.0 Å². The number of hydrogen-bond donors (Lipinski definition) is 9. The standard InChI is InChI=1S/C6H14N4O2.C3H7NO2.C2H5NO2/c7-4(5(11)12)2-1-3-10-6(8)9;1-2(4)3(5)6;3-1-2(4)5/h4H,1-3,7H2,(H,11,12)(H4,8,9,10);2H,4H2,1H3,(H,5,6);1,3H2,(H,4,5). The fourth-order valence-electron chi connectivity index (χ4n) is 0.669. The molecular weight excluding hydrogens is 312 g/mol. The second kappa shape index (κ2) is 15.9. The van der Waals surface area contributed by atoms with Crippen molar-refractivity contribution in [2.24, 2.45) is 22.9 Å². The Kier molecular flexibility index (Phi) is 17.7. The van der Waals surface area contributed by atoms with E-state index in [1.807, 2.05) is 0 Å².